The van der Waals surface area contributed by atoms with E-state index in [4.69, 9.17) is 4.98 Å². The number of nitrogens with one attached hydrogen (secondary N) is 2. The third-order valence-corrected chi connectivity index (χ3v) is 5.25. The molecule has 4 rings (SSSR count). The number of carbonyl (C=O) groups is 2. The highest BCUT2D eigenvalue weighted by molar-refractivity contribution is 5.92. The van der Waals surface area contributed by atoms with Crippen LogP contribution in [0.5, 0.6) is 0 Å². The molecule has 0 aliphatic carbocycles. The maximum atomic E-state index is 12.6. The van der Waals surface area contributed by atoms with Crippen LogP contribution in [-0.4, -0.2) is 56.1 Å². The second kappa shape index (κ2) is 7.84. The van der Waals surface area contributed by atoms with Gasteiger partial charge in [0.1, 0.15) is 11.5 Å². The molecule has 8 heteroatoms. The number of imidazole rings is 1. The van der Waals surface area contributed by atoms with Crippen LogP contribution in [0, 0.1) is 0 Å². The van der Waals surface area contributed by atoms with Gasteiger partial charge < -0.3 is 15.2 Å². The topological polar surface area (TPSA) is 95.9 Å². The van der Waals surface area contributed by atoms with Gasteiger partial charge in [-0.2, -0.15) is 5.10 Å². The first-order valence-corrected chi connectivity index (χ1v) is 9.60. The van der Waals surface area contributed by atoms with Gasteiger partial charge in [-0.25, -0.2) is 4.98 Å². The number of H-pyrrole nitrogens is 1. The maximum Gasteiger partial charge on any atom is 0.269 e. The van der Waals surface area contributed by atoms with Crippen LogP contribution in [0.3, 0.4) is 0 Å². The quantitative estimate of drug-likeness (QED) is 0.706. The highest BCUT2D eigenvalue weighted by Crippen LogP contribution is 2.27. The summed E-state index contributed by atoms with van der Waals surface area (Å²) in [4.78, 5) is 34.7. The number of aryl methyl sites for hydroxylation is 1. The number of hydrogen-bond acceptors (Lipinski definition) is 4. The second-order valence-electron chi connectivity index (χ2n) is 7.16. The smallest absolute Gasteiger partial charge is 0.269 e. The van der Waals surface area contributed by atoms with E-state index in [0.29, 0.717) is 18.8 Å². The van der Waals surface area contributed by atoms with E-state index in [1.165, 1.54) is 4.68 Å². The number of carbonyl (C=O) groups excluding carboxylic acids is 2. The van der Waals surface area contributed by atoms with E-state index >= 15 is 0 Å². The molecular weight excluding hydrogens is 356 g/mol. The van der Waals surface area contributed by atoms with Crippen LogP contribution in [0.25, 0.3) is 11.0 Å². The predicted molar refractivity (Wildman–Crippen MR) is 105 cm³/mol. The molecule has 8 nitrogen and oxygen atoms in total. The van der Waals surface area contributed by atoms with Gasteiger partial charge in [-0.1, -0.05) is 12.1 Å². The summed E-state index contributed by atoms with van der Waals surface area (Å²) in [5.41, 5.74) is 2.47. The SMILES string of the molecule is Cn1nccc1C(=O)NCCC(=O)N1CCCC(c2nc3ccccc3[nH]2)C1. The van der Waals surface area contributed by atoms with Gasteiger partial charge in [0.05, 0.1) is 11.0 Å². The van der Waals surface area contributed by atoms with Gasteiger partial charge in [-0.15, -0.1) is 0 Å². The van der Waals surface area contributed by atoms with Crippen molar-refractivity contribution in [3.8, 4) is 0 Å². The second-order valence-corrected chi connectivity index (χ2v) is 7.16. The Morgan fingerprint density at radius 2 is 2.14 bits per heavy atom. The monoisotopic (exact) mass is 380 g/mol. The number of nitrogens with zero attached hydrogens (tertiary/aromatic N) is 4. The van der Waals surface area contributed by atoms with Gasteiger partial charge in [0.2, 0.25) is 5.91 Å². The highest BCUT2D eigenvalue weighted by Gasteiger charge is 2.26. The van der Waals surface area contributed by atoms with E-state index in [2.05, 4.69) is 15.4 Å². The maximum absolute atomic E-state index is 12.6. The highest BCUT2D eigenvalue weighted by atomic mass is 16.2. The van der Waals surface area contributed by atoms with E-state index in [-0.39, 0.29) is 24.2 Å². The normalized spacial score (nSPS) is 17.0. The fourth-order valence-electron chi connectivity index (χ4n) is 3.72. The number of fused-ring (bicyclic) bond motifs is 1. The van der Waals surface area contributed by atoms with Crippen LogP contribution in [0.1, 0.15) is 41.5 Å². The molecule has 3 heterocycles. The molecule has 1 aliphatic heterocycles. The van der Waals surface area contributed by atoms with Gasteiger partial charge >= 0.3 is 0 Å². The lowest BCUT2D eigenvalue weighted by Gasteiger charge is -2.32. The summed E-state index contributed by atoms with van der Waals surface area (Å²) < 4.78 is 1.51. The number of aromatic amines is 1. The summed E-state index contributed by atoms with van der Waals surface area (Å²) in [6.07, 6.45) is 3.83. The first kappa shape index (κ1) is 18.2. The van der Waals surface area contributed by atoms with E-state index in [0.717, 1.165) is 36.2 Å². The molecule has 1 unspecified atom stereocenters. The molecular formula is C20H24N6O2. The Kier molecular flexibility index (Phi) is 5.10. The van der Waals surface area contributed by atoms with Crippen molar-refractivity contribution in [2.45, 2.75) is 25.2 Å². The summed E-state index contributed by atoms with van der Waals surface area (Å²) >= 11 is 0. The zero-order valence-corrected chi connectivity index (χ0v) is 15.9. The number of aromatic nitrogens is 4. The molecule has 2 amide bonds. The van der Waals surface area contributed by atoms with Crippen LogP contribution in [-0.2, 0) is 11.8 Å². The predicted octanol–water partition coefficient (Wildman–Crippen LogP) is 1.82. The average Bonchev–Trinajstić information content (AvgIpc) is 3.34. The fraction of sp³-hybridized carbons (Fsp3) is 0.400. The molecule has 0 bridgehead atoms. The number of likely N-dealkylation sites (tertiary alicyclic amines) is 1. The van der Waals surface area contributed by atoms with Crippen LogP contribution < -0.4 is 5.32 Å². The van der Waals surface area contributed by atoms with Crippen molar-refractivity contribution in [3.63, 3.8) is 0 Å². The summed E-state index contributed by atoms with van der Waals surface area (Å²) in [6.45, 7) is 1.73. The molecule has 3 aromatic rings. The average molecular weight is 380 g/mol. The Bertz CT molecular complexity index is 958. The first-order valence-electron chi connectivity index (χ1n) is 9.60. The van der Waals surface area contributed by atoms with Gasteiger partial charge in [0.15, 0.2) is 0 Å². The fourth-order valence-corrected chi connectivity index (χ4v) is 3.72. The number of rotatable bonds is 5. The minimum absolute atomic E-state index is 0.0612. The molecule has 0 spiro atoms. The first-order chi connectivity index (χ1) is 13.6. The zero-order valence-electron chi connectivity index (χ0n) is 15.9. The summed E-state index contributed by atoms with van der Waals surface area (Å²) in [7, 11) is 1.71. The molecule has 1 atom stereocenters. The molecule has 2 N–H and O–H groups in total. The van der Waals surface area contributed by atoms with Crippen molar-refractivity contribution in [3.05, 3.63) is 48.0 Å². The Hall–Kier alpha value is -3.16. The third-order valence-electron chi connectivity index (χ3n) is 5.25. The third kappa shape index (κ3) is 3.76. The molecule has 1 aliphatic rings. The summed E-state index contributed by atoms with van der Waals surface area (Å²) in [5.74, 6) is 1.01. The summed E-state index contributed by atoms with van der Waals surface area (Å²) in [5, 5.41) is 6.77. The lowest BCUT2D eigenvalue weighted by Crippen LogP contribution is -2.41. The largest absolute Gasteiger partial charge is 0.350 e. The molecule has 28 heavy (non-hydrogen) atoms. The lowest BCUT2D eigenvalue weighted by atomic mass is 9.97. The molecule has 1 aromatic carbocycles. The van der Waals surface area contributed by atoms with E-state index < -0.39 is 0 Å². The Balaban J connectivity index is 1.32. The van der Waals surface area contributed by atoms with Gasteiger partial charge in [-0.05, 0) is 31.0 Å². The summed E-state index contributed by atoms with van der Waals surface area (Å²) in [6, 6.07) is 9.62. The van der Waals surface area contributed by atoms with Crippen LogP contribution in [0.4, 0.5) is 0 Å². The van der Waals surface area contributed by atoms with Crippen LogP contribution in [0.2, 0.25) is 0 Å². The van der Waals surface area contributed by atoms with Crippen molar-refractivity contribution in [2.24, 2.45) is 7.05 Å². The van der Waals surface area contributed by atoms with Crippen molar-refractivity contribution < 1.29 is 9.59 Å². The van der Waals surface area contributed by atoms with Crippen LogP contribution in [0.15, 0.2) is 36.5 Å². The number of para-hydroxylation sites is 2. The van der Waals surface area contributed by atoms with E-state index in [1.807, 2.05) is 29.2 Å². The van der Waals surface area contributed by atoms with E-state index in [9.17, 15) is 9.59 Å². The minimum Gasteiger partial charge on any atom is -0.350 e. The number of hydrogen-bond donors (Lipinski definition) is 2. The number of piperidine rings is 1. The molecule has 1 saturated heterocycles. The van der Waals surface area contributed by atoms with Crippen molar-refractivity contribution in [2.75, 3.05) is 19.6 Å². The Morgan fingerprint density at radius 3 is 2.93 bits per heavy atom. The lowest BCUT2D eigenvalue weighted by molar-refractivity contribution is -0.132. The zero-order chi connectivity index (χ0) is 19.5. The van der Waals surface area contributed by atoms with Gasteiger partial charge in [-0.3, -0.25) is 14.3 Å². The standard InChI is InChI=1S/C20H24N6O2/c1-25-17(8-11-22-25)20(28)21-10-9-18(27)26-12-4-5-14(13-26)19-23-15-6-2-3-7-16(15)24-19/h2-3,6-8,11,14H,4-5,9-10,12-13H2,1H3,(H,21,28)(H,23,24). The molecule has 2 aromatic heterocycles. The van der Waals surface area contributed by atoms with Crippen molar-refractivity contribution >= 4 is 22.8 Å². The molecule has 1 fully saturated rings. The number of benzene rings is 1. The van der Waals surface area contributed by atoms with Gasteiger partial charge in [0, 0.05) is 45.2 Å². The molecule has 0 saturated carbocycles. The molecule has 146 valence electrons. The van der Waals surface area contributed by atoms with Gasteiger partial charge in [0.25, 0.3) is 5.91 Å². The van der Waals surface area contributed by atoms with Crippen LogP contribution >= 0.6 is 0 Å². The Labute approximate surface area is 162 Å². The molecule has 0 radical (unpaired) electrons. The minimum atomic E-state index is -0.216. The van der Waals surface area contributed by atoms with Crippen molar-refractivity contribution in [1.82, 2.24) is 30.0 Å². The van der Waals surface area contributed by atoms with E-state index in [1.54, 1.807) is 19.3 Å². The van der Waals surface area contributed by atoms with Crippen molar-refractivity contribution in [1.29, 1.82) is 0 Å². The number of amides is 2. The Morgan fingerprint density at radius 1 is 1.29 bits per heavy atom.